The van der Waals surface area contributed by atoms with Crippen molar-refractivity contribution in [1.82, 2.24) is 9.71 Å². The van der Waals surface area contributed by atoms with Crippen LogP contribution >= 0.6 is 11.6 Å². The summed E-state index contributed by atoms with van der Waals surface area (Å²) in [6, 6.07) is 26.7. The Morgan fingerprint density at radius 2 is 1.48 bits per heavy atom. The molecule has 0 spiro atoms. The lowest BCUT2D eigenvalue weighted by Crippen LogP contribution is -2.19. The smallest absolute Gasteiger partial charge is 0.330 e. The van der Waals surface area contributed by atoms with Crippen LogP contribution in [0.15, 0.2) is 97.6 Å². The maximum atomic E-state index is 12.2. The first-order valence-corrected chi connectivity index (χ1v) is 9.40. The van der Waals surface area contributed by atoms with E-state index >= 15 is 0 Å². The summed E-state index contributed by atoms with van der Waals surface area (Å²) in [6.07, 6.45) is 1.12. The first-order chi connectivity index (χ1) is 14.2. The molecule has 0 aliphatic heterocycles. The maximum absolute atomic E-state index is 12.2. The highest BCUT2D eigenvalue weighted by molar-refractivity contribution is 6.33. The number of rotatable bonds is 5. The Morgan fingerprint density at radius 3 is 2.10 bits per heavy atom. The van der Waals surface area contributed by atoms with Gasteiger partial charge in [0.15, 0.2) is 5.82 Å². The van der Waals surface area contributed by atoms with Gasteiger partial charge in [0.05, 0.1) is 5.02 Å². The Labute approximate surface area is 173 Å². The second kappa shape index (κ2) is 8.17. The number of carbonyl (C=O) groups is 1. The minimum Gasteiger partial charge on any atom is -0.330 e. The van der Waals surface area contributed by atoms with Crippen LogP contribution in [0.25, 0.3) is 33.9 Å². The number of carbonyl (C=O) groups excluding carboxylic acids is 1. The fourth-order valence-corrected chi connectivity index (χ4v) is 3.30. The summed E-state index contributed by atoms with van der Waals surface area (Å²) in [4.78, 5) is 22.6. The Morgan fingerprint density at radius 1 is 0.897 bits per heavy atom. The van der Waals surface area contributed by atoms with Crippen molar-refractivity contribution in [3.8, 4) is 33.9 Å². The highest BCUT2D eigenvalue weighted by atomic mass is 35.5. The molecule has 0 aliphatic rings. The van der Waals surface area contributed by atoms with Gasteiger partial charge in [-0.15, -0.1) is 0 Å². The molecule has 0 aliphatic carbocycles. The van der Waals surface area contributed by atoms with Gasteiger partial charge in [0.2, 0.25) is 0 Å². The molecule has 29 heavy (non-hydrogen) atoms. The molecule has 0 saturated heterocycles. The monoisotopic (exact) mass is 400 g/mol. The maximum Gasteiger partial charge on any atom is 0.355 e. The second-order valence-corrected chi connectivity index (χ2v) is 6.66. The van der Waals surface area contributed by atoms with Crippen molar-refractivity contribution in [2.75, 3.05) is 0 Å². The second-order valence-electron chi connectivity index (χ2n) is 6.25. The minimum absolute atomic E-state index is 0.434. The molecule has 1 heterocycles. The van der Waals surface area contributed by atoms with E-state index < -0.39 is 5.97 Å². The number of halogens is 1. The van der Waals surface area contributed by atoms with E-state index in [0.717, 1.165) is 17.2 Å². The highest BCUT2D eigenvalue weighted by Gasteiger charge is 2.24. The molecule has 4 nitrogen and oxygen atoms in total. The Hall–Kier alpha value is -3.63. The van der Waals surface area contributed by atoms with E-state index in [2.05, 4.69) is 6.58 Å². The Bertz CT molecular complexity index is 1170. The van der Waals surface area contributed by atoms with E-state index in [9.17, 15) is 4.79 Å². The zero-order valence-electron chi connectivity index (χ0n) is 15.5. The summed E-state index contributed by atoms with van der Waals surface area (Å²) >= 11 is 6.44. The first-order valence-electron chi connectivity index (χ1n) is 9.02. The molecule has 0 radical (unpaired) electrons. The van der Waals surface area contributed by atoms with Crippen molar-refractivity contribution in [3.05, 3.63) is 103 Å². The molecular weight excluding hydrogens is 384 g/mol. The van der Waals surface area contributed by atoms with Gasteiger partial charge in [-0.3, -0.25) is 0 Å². The van der Waals surface area contributed by atoms with Gasteiger partial charge < -0.3 is 4.84 Å². The zero-order chi connectivity index (χ0) is 20.2. The number of imidazole rings is 1. The SMILES string of the molecule is C=CC(=O)On1c(-c2ccccc2Cl)nc(-c2ccccc2)c1-c1ccccc1. The van der Waals surface area contributed by atoms with E-state index in [4.69, 9.17) is 21.4 Å². The minimum atomic E-state index is -0.590. The first kappa shape index (κ1) is 18.7. The van der Waals surface area contributed by atoms with Gasteiger partial charge in [0.1, 0.15) is 11.4 Å². The van der Waals surface area contributed by atoms with E-state index in [0.29, 0.717) is 27.8 Å². The van der Waals surface area contributed by atoms with Gasteiger partial charge in [-0.2, -0.15) is 4.73 Å². The standard InChI is InChI=1S/C24H17ClN2O2/c1-2-21(28)29-27-23(18-13-7-4-8-14-18)22(17-11-5-3-6-12-17)26-24(27)19-15-9-10-16-20(19)25/h2-16H,1H2. The number of hydrogen-bond acceptors (Lipinski definition) is 3. The van der Waals surface area contributed by atoms with Crippen molar-refractivity contribution in [2.45, 2.75) is 0 Å². The molecule has 0 bridgehead atoms. The summed E-state index contributed by atoms with van der Waals surface area (Å²) in [5, 5.41) is 0.507. The molecule has 0 atom stereocenters. The van der Waals surface area contributed by atoms with Crippen LogP contribution in [0.4, 0.5) is 0 Å². The van der Waals surface area contributed by atoms with Crippen molar-refractivity contribution >= 4 is 17.6 Å². The number of nitrogens with zero attached hydrogens (tertiary/aromatic N) is 2. The zero-order valence-corrected chi connectivity index (χ0v) is 16.2. The van der Waals surface area contributed by atoms with Crippen LogP contribution in [0.3, 0.4) is 0 Å². The molecule has 4 aromatic rings. The van der Waals surface area contributed by atoms with Crippen LogP contribution in [-0.4, -0.2) is 15.7 Å². The van der Waals surface area contributed by atoms with E-state index in [1.807, 2.05) is 78.9 Å². The lowest BCUT2D eigenvalue weighted by molar-refractivity contribution is -0.137. The molecule has 1 aromatic heterocycles. The molecule has 0 fully saturated rings. The van der Waals surface area contributed by atoms with E-state index in [1.165, 1.54) is 4.73 Å². The molecule has 142 valence electrons. The molecule has 4 rings (SSSR count). The Kier molecular flexibility index (Phi) is 5.27. The van der Waals surface area contributed by atoms with E-state index in [1.54, 1.807) is 6.07 Å². The molecular formula is C24H17ClN2O2. The van der Waals surface area contributed by atoms with Crippen LogP contribution in [0.2, 0.25) is 5.02 Å². The number of benzene rings is 3. The van der Waals surface area contributed by atoms with Crippen LogP contribution in [0.5, 0.6) is 0 Å². The summed E-state index contributed by atoms with van der Waals surface area (Å²) in [7, 11) is 0. The quantitative estimate of drug-likeness (QED) is 0.405. The van der Waals surface area contributed by atoms with Crippen molar-refractivity contribution in [1.29, 1.82) is 0 Å². The lowest BCUT2D eigenvalue weighted by atomic mass is 10.1. The van der Waals surface area contributed by atoms with Gasteiger partial charge in [-0.05, 0) is 12.1 Å². The highest BCUT2D eigenvalue weighted by Crippen LogP contribution is 2.37. The Balaban J connectivity index is 2.06. The van der Waals surface area contributed by atoms with Gasteiger partial charge in [0, 0.05) is 22.8 Å². The van der Waals surface area contributed by atoms with Crippen molar-refractivity contribution in [2.24, 2.45) is 0 Å². The van der Waals surface area contributed by atoms with Gasteiger partial charge >= 0.3 is 5.97 Å². The van der Waals surface area contributed by atoms with Gasteiger partial charge in [0.25, 0.3) is 0 Å². The fraction of sp³-hybridized carbons (Fsp3) is 0. The number of hydrogen-bond donors (Lipinski definition) is 0. The topological polar surface area (TPSA) is 44.1 Å². The van der Waals surface area contributed by atoms with Crippen LogP contribution < -0.4 is 4.84 Å². The summed E-state index contributed by atoms with van der Waals surface area (Å²) in [5.41, 5.74) is 3.75. The lowest BCUT2D eigenvalue weighted by Gasteiger charge is -2.12. The molecule has 0 saturated carbocycles. The number of aromatic nitrogens is 2. The van der Waals surface area contributed by atoms with Crippen molar-refractivity contribution in [3.63, 3.8) is 0 Å². The fourth-order valence-electron chi connectivity index (χ4n) is 3.08. The predicted octanol–water partition coefficient (Wildman–Crippen LogP) is 5.68. The summed E-state index contributed by atoms with van der Waals surface area (Å²) in [5.74, 6) is -0.156. The van der Waals surface area contributed by atoms with Crippen LogP contribution in [-0.2, 0) is 4.79 Å². The summed E-state index contributed by atoms with van der Waals surface area (Å²) in [6.45, 7) is 3.51. The average molecular weight is 401 g/mol. The van der Waals surface area contributed by atoms with Crippen LogP contribution in [0.1, 0.15) is 0 Å². The van der Waals surface area contributed by atoms with Gasteiger partial charge in [-0.25, -0.2) is 9.78 Å². The third kappa shape index (κ3) is 3.71. The van der Waals surface area contributed by atoms with Crippen LogP contribution in [0, 0.1) is 0 Å². The largest absolute Gasteiger partial charge is 0.355 e. The third-order valence-electron chi connectivity index (χ3n) is 4.39. The molecule has 0 unspecified atom stereocenters. The molecule has 0 amide bonds. The predicted molar refractivity (Wildman–Crippen MR) is 115 cm³/mol. The molecule has 5 heteroatoms. The summed E-state index contributed by atoms with van der Waals surface area (Å²) < 4.78 is 1.43. The molecule has 3 aromatic carbocycles. The average Bonchev–Trinajstić information content (AvgIpc) is 3.14. The molecule has 0 N–H and O–H groups in total. The van der Waals surface area contributed by atoms with E-state index in [-0.39, 0.29) is 0 Å². The normalized spacial score (nSPS) is 10.5. The third-order valence-corrected chi connectivity index (χ3v) is 4.72. The van der Waals surface area contributed by atoms with Gasteiger partial charge in [-0.1, -0.05) is 91.0 Å². The van der Waals surface area contributed by atoms with Crippen molar-refractivity contribution < 1.29 is 9.63 Å².